The van der Waals surface area contributed by atoms with Crippen molar-refractivity contribution in [1.82, 2.24) is 14.6 Å². The molecule has 2 aromatic heterocycles. The third kappa shape index (κ3) is 3.47. The summed E-state index contributed by atoms with van der Waals surface area (Å²) in [5.41, 5.74) is 0.893. The monoisotopic (exact) mass is 463 g/mol. The number of methoxy groups -OCH3 is 3. The van der Waals surface area contributed by atoms with Gasteiger partial charge in [0.2, 0.25) is 10.7 Å². The highest BCUT2D eigenvalue weighted by Gasteiger charge is 2.18. The first kappa shape index (κ1) is 20.5. The number of rotatable bonds is 5. The fraction of sp³-hybridized carbons (Fsp3) is 0.150. The van der Waals surface area contributed by atoms with Crippen LogP contribution in [-0.2, 0) is 0 Å². The minimum Gasteiger partial charge on any atom is -0.493 e. The molecule has 7 nitrogen and oxygen atoms in total. The number of benzene rings is 2. The number of halogens is 2. The topological polar surface area (TPSA) is 75.0 Å². The zero-order chi connectivity index (χ0) is 21.4. The van der Waals surface area contributed by atoms with Gasteiger partial charge in [-0.15, -0.1) is 5.10 Å². The molecule has 2 heterocycles. The molecule has 0 unspecified atom stereocenters. The van der Waals surface area contributed by atoms with Crippen LogP contribution in [-0.4, -0.2) is 35.9 Å². The molecule has 0 aliphatic heterocycles. The molecule has 4 rings (SSSR count). The predicted octanol–water partition coefficient (Wildman–Crippen LogP) is 3.70. The molecule has 0 fully saturated rings. The first-order valence-corrected chi connectivity index (χ1v) is 10.2. The van der Waals surface area contributed by atoms with E-state index in [0.717, 1.165) is 0 Å². The van der Waals surface area contributed by atoms with Crippen LogP contribution < -0.4 is 24.3 Å². The summed E-state index contributed by atoms with van der Waals surface area (Å²) >= 11 is 13.6. The molecule has 154 valence electrons. The van der Waals surface area contributed by atoms with Crippen molar-refractivity contribution in [1.29, 1.82) is 0 Å². The van der Waals surface area contributed by atoms with Crippen LogP contribution in [0.15, 0.2) is 35.1 Å². The van der Waals surface area contributed by atoms with E-state index in [-0.39, 0.29) is 5.56 Å². The molecule has 0 saturated heterocycles. The highest BCUT2D eigenvalue weighted by Crippen LogP contribution is 2.40. The molecule has 0 aliphatic carbocycles. The average Bonchev–Trinajstić information content (AvgIpc) is 3.29. The Kier molecular flexibility index (Phi) is 5.55. The van der Waals surface area contributed by atoms with Crippen LogP contribution in [0, 0.1) is 0 Å². The molecule has 0 saturated carbocycles. The fourth-order valence-corrected chi connectivity index (χ4v) is 4.34. The molecule has 0 aliphatic rings. The Morgan fingerprint density at radius 2 is 1.67 bits per heavy atom. The van der Waals surface area contributed by atoms with Crippen molar-refractivity contribution in [3.63, 3.8) is 0 Å². The van der Waals surface area contributed by atoms with Crippen LogP contribution in [0.2, 0.25) is 10.0 Å². The molecule has 0 amide bonds. The van der Waals surface area contributed by atoms with E-state index in [1.54, 1.807) is 36.4 Å². The fourth-order valence-electron chi connectivity index (χ4n) is 2.95. The van der Waals surface area contributed by atoms with E-state index in [9.17, 15) is 4.79 Å². The Morgan fingerprint density at radius 3 is 2.20 bits per heavy atom. The van der Waals surface area contributed by atoms with Crippen molar-refractivity contribution in [3.8, 4) is 28.6 Å². The van der Waals surface area contributed by atoms with Gasteiger partial charge in [-0.25, -0.2) is 0 Å². The molecule has 10 heteroatoms. The molecule has 0 bridgehead atoms. The lowest BCUT2D eigenvalue weighted by Crippen LogP contribution is -2.23. The third-order valence-electron chi connectivity index (χ3n) is 4.38. The Hall–Kier alpha value is -2.81. The molecule has 30 heavy (non-hydrogen) atoms. The van der Waals surface area contributed by atoms with E-state index >= 15 is 0 Å². The average molecular weight is 464 g/mol. The molecule has 0 atom stereocenters. The maximum absolute atomic E-state index is 12.8. The summed E-state index contributed by atoms with van der Waals surface area (Å²) in [6, 6.07) is 8.61. The maximum Gasteiger partial charge on any atom is 0.291 e. The van der Waals surface area contributed by atoms with E-state index in [1.807, 2.05) is 0 Å². The van der Waals surface area contributed by atoms with Gasteiger partial charge in [-0.3, -0.25) is 4.79 Å². The smallest absolute Gasteiger partial charge is 0.291 e. The second-order valence-corrected chi connectivity index (χ2v) is 7.92. The SMILES string of the molecule is COc1cc(-c2nc3sc(=Cc4c(Cl)cccc4Cl)c(=O)n3n2)cc(OC)c1OC. The van der Waals surface area contributed by atoms with E-state index in [2.05, 4.69) is 10.1 Å². The molecular formula is C20H15Cl2N3O4S. The first-order chi connectivity index (χ1) is 14.5. The van der Waals surface area contributed by atoms with Gasteiger partial charge in [0.1, 0.15) is 0 Å². The highest BCUT2D eigenvalue weighted by molar-refractivity contribution is 7.15. The van der Waals surface area contributed by atoms with Crippen molar-refractivity contribution >= 4 is 45.6 Å². The number of ether oxygens (including phenoxy) is 3. The van der Waals surface area contributed by atoms with E-state index in [0.29, 0.717) is 53.7 Å². The summed E-state index contributed by atoms with van der Waals surface area (Å²) in [6.45, 7) is 0. The number of nitrogens with zero attached hydrogens (tertiary/aromatic N) is 3. The quantitative estimate of drug-likeness (QED) is 0.449. The first-order valence-electron chi connectivity index (χ1n) is 8.62. The molecule has 2 aromatic carbocycles. The summed E-state index contributed by atoms with van der Waals surface area (Å²) < 4.78 is 17.8. The number of fused-ring (bicyclic) bond motifs is 1. The van der Waals surface area contributed by atoms with Crippen molar-refractivity contribution in [2.75, 3.05) is 21.3 Å². The maximum atomic E-state index is 12.8. The zero-order valence-electron chi connectivity index (χ0n) is 16.1. The van der Waals surface area contributed by atoms with Gasteiger partial charge in [0, 0.05) is 21.2 Å². The number of thiazole rings is 1. The zero-order valence-corrected chi connectivity index (χ0v) is 18.4. The Balaban J connectivity index is 1.84. The minimum absolute atomic E-state index is 0.308. The Labute approximate surface area is 185 Å². The van der Waals surface area contributed by atoms with Crippen LogP contribution in [0.5, 0.6) is 17.2 Å². The third-order valence-corrected chi connectivity index (χ3v) is 6.00. The van der Waals surface area contributed by atoms with Crippen LogP contribution in [0.3, 0.4) is 0 Å². The van der Waals surface area contributed by atoms with Crippen LogP contribution >= 0.6 is 34.5 Å². The van der Waals surface area contributed by atoms with Crippen molar-refractivity contribution in [2.24, 2.45) is 0 Å². The van der Waals surface area contributed by atoms with Gasteiger partial charge < -0.3 is 14.2 Å². The number of hydrogen-bond acceptors (Lipinski definition) is 7. The molecule has 4 aromatic rings. The van der Waals surface area contributed by atoms with Gasteiger partial charge in [0.15, 0.2) is 17.3 Å². The lowest BCUT2D eigenvalue weighted by atomic mass is 10.1. The standard InChI is InChI=1S/C20H15Cl2N3O4S/c1-27-14-7-10(8-15(28-2)17(14)29-3)18-23-20-25(24-18)19(26)16(30-20)9-11-12(21)5-4-6-13(11)22/h4-9H,1-3H3. The van der Waals surface area contributed by atoms with Gasteiger partial charge in [0.05, 0.1) is 25.9 Å². The highest BCUT2D eigenvalue weighted by atomic mass is 35.5. The second kappa shape index (κ2) is 8.14. The summed E-state index contributed by atoms with van der Waals surface area (Å²) in [4.78, 5) is 17.8. The van der Waals surface area contributed by atoms with Gasteiger partial charge in [-0.05, 0) is 30.3 Å². The Morgan fingerprint density at radius 1 is 1.03 bits per heavy atom. The summed E-state index contributed by atoms with van der Waals surface area (Å²) in [7, 11) is 4.58. The van der Waals surface area contributed by atoms with Crippen molar-refractivity contribution in [2.45, 2.75) is 0 Å². The van der Waals surface area contributed by atoms with Crippen molar-refractivity contribution in [3.05, 3.63) is 60.8 Å². The van der Waals surface area contributed by atoms with Crippen LogP contribution in [0.4, 0.5) is 0 Å². The number of aromatic nitrogens is 3. The van der Waals surface area contributed by atoms with Gasteiger partial charge in [-0.1, -0.05) is 40.6 Å². The molecule has 0 N–H and O–H groups in total. The molecular weight excluding hydrogens is 449 g/mol. The van der Waals surface area contributed by atoms with Crippen LogP contribution in [0.25, 0.3) is 22.4 Å². The Bertz CT molecular complexity index is 1320. The lowest BCUT2D eigenvalue weighted by Gasteiger charge is -2.12. The van der Waals surface area contributed by atoms with Crippen molar-refractivity contribution < 1.29 is 14.2 Å². The minimum atomic E-state index is -0.308. The summed E-state index contributed by atoms with van der Waals surface area (Å²) in [6.07, 6.45) is 1.65. The van der Waals surface area contributed by atoms with E-state index in [4.69, 9.17) is 37.4 Å². The van der Waals surface area contributed by atoms with E-state index < -0.39 is 0 Å². The predicted molar refractivity (Wildman–Crippen MR) is 117 cm³/mol. The number of hydrogen-bond donors (Lipinski definition) is 0. The molecule has 0 radical (unpaired) electrons. The van der Waals surface area contributed by atoms with Crippen LogP contribution in [0.1, 0.15) is 5.56 Å². The van der Waals surface area contributed by atoms with E-state index in [1.165, 1.54) is 37.2 Å². The molecule has 0 spiro atoms. The summed E-state index contributed by atoms with van der Waals surface area (Å²) in [5, 5.41) is 5.28. The van der Waals surface area contributed by atoms with Gasteiger partial charge in [-0.2, -0.15) is 9.50 Å². The lowest BCUT2D eigenvalue weighted by molar-refractivity contribution is 0.324. The largest absolute Gasteiger partial charge is 0.493 e. The van der Waals surface area contributed by atoms with Gasteiger partial charge in [0.25, 0.3) is 5.56 Å². The normalized spacial score (nSPS) is 11.8. The summed E-state index contributed by atoms with van der Waals surface area (Å²) in [5.74, 6) is 1.76. The van der Waals surface area contributed by atoms with Gasteiger partial charge >= 0.3 is 0 Å². The second-order valence-electron chi connectivity index (χ2n) is 6.09.